The van der Waals surface area contributed by atoms with Crippen molar-refractivity contribution >= 4 is 114 Å². The van der Waals surface area contributed by atoms with Crippen LogP contribution in [0, 0.1) is 0 Å². The summed E-state index contributed by atoms with van der Waals surface area (Å²) in [7, 11) is 0. The van der Waals surface area contributed by atoms with Crippen LogP contribution in [-0.4, -0.2) is 23.1 Å². The second-order valence-corrected chi connectivity index (χ2v) is 16.9. The number of fused-ring (bicyclic) bond motifs is 20. The van der Waals surface area contributed by atoms with E-state index < -0.39 is 0 Å². The highest BCUT2D eigenvalue weighted by Gasteiger charge is 2.52. The smallest absolute Gasteiger partial charge is 0.360 e. The normalized spacial score (nSPS) is 14.3. The minimum absolute atomic E-state index is 0.160. The highest BCUT2D eigenvalue weighted by atomic mass is 15.3. The van der Waals surface area contributed by atoms with Crippen LogP contribution in [0.3, 0.4) is 0 Å². The van der Waals surface area contributed by atoms with Gasteiger partial charge in [0.15, 0.2) is 0 Å². The minimum atomic E-state index is -0.160. The van der Waals surface area contributed by atoms with Crippen LogP contribution >= 0.6 is 0 Å². The van der Waals surface area contributed by atoms with Crippen molar-refractivity contribution in [2.45, 2.75) is 0 Å². The van der Waals surface area contributed by atoms with Gasteiger partial charge in [-0.2, -0.15) is 0 Å². The fourth-order valence-corrected chi connectivity index (χ4v) is 11.6. The molecule has 0 aliphatic carbocycles. The van der Waals surface area contributed by atoms with Crippen molar-refractivity contribution in [1.82, 2.24) is 9.13 Å². The van der Waals surface area contributed by atoms with Gasteiger partial charge in [-0.1, -0.05) is 133 Å². The fraction of sp³-hybridized carbons (Fsp3) is 0. The quantitative estimate of drug-likeness (QED) is 0.163. The topological polar surface area (TPSA) is 22.8 Å². The third-order valence-corrected chi connectivity index (χ3v) is 13.9. The molecule has 6 heterocycles. The molecule has 0 radical (unpaired) electrons. The SMILES string of the molecule is c1ccc(N2B3c4ccccc4-n4c5ccccc5c5cccc(c54)N3c3cc4c(cc32)N2B(c3ccccc3-n3c5ccccc5c5cccc2c53)N4c2ccccc2)cc1. The summed E-state index contributed by atoms with van der Waals surface area (Å²) in [4.78, 5) is 10.4. The van der Waals surface area contributed by atoms with Gasteiger partial charge in [-0.3, -0.25) is 0 Å². The number of hydrogen-bond acceptors (Lipinski definition) is 4. The number of hydrogen-bond donors (Lipinski definition) is 0. The van der Waals surface area contributed by atoms with E-state index >= 15 is 0 Å². The highest BCUT2D eigenvalue weighted by molar-refractivity contribution is 6.87. The molecule has 286 valence electrons. The Bertz CT molecular complexity index is 3470. The Balaban J connectivity index is 1.09. The maximum atomic E-state index is 2.63. The van der Waals surface area contributed by atoms with E-state index in [0.717, 1.165) is 11.4 Å². The molecule has 11 aromatic rings. The maximum absolute atomic E-state index is 2.63. The van der Waals surface area contributed by atoms with Crippen molar-refractivity contribution < 1.29 is 0 Å². The van der Waals surface area contributed by atoms with E-state index in [1.807, 2.05) is 0 Å². The summed E-state index contributed by atoms with van der Waals surface area (Å²) >= 11 is 0. The molecule has 0 bridgehead atoms. The summed E-state index contributed by atoms with van der Waals surface area (Å²) in [6.45, 7) is -0.320. The van der Waals surface area contributed by atoms with E-state index in [1.54, 1.807) is 0 Å². The van der Waals surface area contributed by atoms with E-state index in [9.17, 15) is 0 Å². The van der Waals surface area contributed by atoms with Crippen molar-refractivity contribution in [2.75, 3.05) is 19.2 Å². The van der Waals surface area contributed by atoms with Gasteiger partial charge in [0.05, 0.1) is 56.2 Å². The predicted molar refractivity (Wildman–Crippen MR) is 260 cm³/mol. The number of anilines is 8. The van der Waals surface area contributed by atoms with Gasteiger partial charge < -0.3 is 28.4 Å². The number of rotatable bonds is 2. The third kappa shape index (κ3) is 3.98. The zero-order valence-electron chi connectivity index (χ0n) is 33.5. The van der Waals surface area contributed by atoms with Gasteiger partial charge in [0, 0.05) is 44.3 Å². The van der Waals surface area contributed by atoms with Gasteiger partial charge in [0.2, 0.25) is 0 Å². The summed E-state index contributed by atoms with van der Waals surface area (Å²) in [5.41, 5.74) is 19.2. The summed E-state index contributed by atoms with van der Waals surface area (Å²) in [6.07, 6.45) is 0. The number of aromatic nitrogens is 2. The number of nitrogens with zero attached hydrogens (tertiary/aromatic N) is 6. The van der Waals surface area contributed by atoms with Crippen LogP contribution in [0.25, 0.3) is 55.0 Å². The predicted octanol–water partition coefficient (Wildman–Crippen LogP) is 11.9. The van der Waals surface area contributed by atoms with Crippen molar-refractivity contribution in [3.63, 3.8) is 0 Å². The van der Waals surface area contributed by atoms with Crippen LogP contribution in [0.15, 0.2) is 206 Å². The molecule has 15 rings (SSSR count). The van der Waals surface area contributed by atoms with E-state index in [0.29, 0.717) is 0 Å². The van der Waals surface area contributed by atoms with E-state index in [1.165, 1.54) is 100 Å². The van der Waals surface area contributed by atoms with Crippen LogP contribution in [0.4, 0.5) is 45.5 Å². The maximum Gasteiger partial charge on any atom is 0.422 e. The van der Waals surface area contributed by atoms with Crippen LogP contribution in [0.1, 0.15) is 0 Å². The Morgan fingerprint density at radius 3 is 1.08 bits per heavy atom. The standard InChI is InChI=1S/C54H34B2N6/c1-3-17-35(18-4-1)59-49-33-52-50(34-51(49)61-47-31-15-23-39-37-21-7-11-27-43(37)57(53(39)47)45-29-13-9-25-41(45)55(59)61)60(36-19-5-2-6-20-36)56-42-26-10-14-30-46(42)58-44-28-12-8-22-38(44)40-24-16-32-48(54(40)58)62(52)56/h1-34H. The summed E-state index contributed by atoms with van der Waals surface area (Å²) in [5, 5.41) is 5.04. The van der Waals surface area contributed by atoms with Crippen LogP contribution in [0.5, 0.6) is 0 Å². The molecule has 0 spiro atoms. The third-order valence-electron chi connectivity index (χ3n) is 13.9. The summed E-state index contributed by atoms with van der Waals surface area (Å²) in [6, 6.07) is 76.6. The number of para-hydroxylation sites is 8. The van der Waals surface area contributed by atoms with Crippen molar-refractivity contribution in [3.8, 4) is 11.4 Å². The average Bonchev–Trinajstić information content (AvgIpc) is 4.02. The lowest BCUT2D eigenvalue weighted by molar-refractivity contribution is 1.19. The molecule has 0 fully saturated rings. The van der Waals surface area contributed by atoms with Crippen LogP contribution < -0.4 is 30.2 Å². The molecule has 4 aliphatic rings. The average molecular weight is 789 g/mol. The molecule has 0 atom stereocenters. The van der Waals surface area contributed by atoms with Crippen LogP contribution in [-0.2, 0) is 0 Å². The van der Waals surface area contributed by atoms with Gasteiger partial charge in [-0.05, 0) is 83.7 Å². The molecule has 0 N–H and O–H groups in total. The Labute approximate surface area is 358 Å². The Morgan fingerprint density at radius 2 is 0.613 bits per heavy atom. The summed E-state index contributed by atoms with van der Waals surface area (Å²) < 4.78 is 5.03. The Kier molecular flexibility index (Phi) is 6.23. The van der Waals surface area contributed by atoms with E-state index in [2.05, 4.69) is 235 Å². The molecule has 0 saturated heterocycles. The van der Waals surface area contributed by atoms with Crippen molar-refractivity contribution in [2.24, 2.45) is 0 Å². The molecule has 8 heteroatoms. The molecule has 9 aromatic carbocycles. The fourth-order valence-electron chi connectivity index (χ4n) is 11.6. The molecule has 4 aliphatic heterocycles. The zero-order chi connectivity index (χ0) is 40.2. The van der Waals surface area contributed by atoms with Gasteiger partial charge in [-0.25, -0.2) is 0 Å². The molecule has 2 aromatic heterocycles. The highest BCUT2D eigenvalue weighted by Crippen LogP contribution is 2.58. The first kappa shape index (κ1) is 32.7. The molecule has 0 amide bonds. The molecule has 6 nitrogen and oxygen atoms in total. The Morgan fingerprint density at radius 1 is 0.258 bits per heavy atom. The van der Waals surface area contributed by atoms with Gasteiger partial charge in [-0.15, -0.1) is 0 Å². The first-order chi connectivity index (χ1) is 30.8. The zero-order valence-corrected chi connectivity index (χ0v) is 33.5. The van der Waals surface area contributed by atoms with Gasteiger partial charge >= 0.3 is 14.0 Å². The first-order valence-corrected chi connectivity index (χ1v) is 21.5. The van der Waals surface area contributed by atoms with E-state index in [-0.39, 0.29) is 14.0 Å². The Hall–Kier alpha value is -8.09. The molecule has 0 unspecified atom stereocenters. The minimum Gasteiger partial charge on any atom is -0.360 e. The van der Waals surface area contributed by atoms with Crippen molar-refractivity contribution in [3.05, 3.63) is 206 Å². The largest absolute Gasteiger partial charge is 0.422 e. The first-order valence-electron chi connectivity index (χ1n) is 21.5. The van der Waals surface area contributed by atoms with Crippen molar-refractivity contribution in [1.29, 1.82) is 0 Å². The van der Waals surface area contributed by atoms with Gasteiger partial charge in [0.25, 0.3) is 0 Å². The van der Waals surface area contributed by atoms with Gasteiger partial charge in [0.1, 0.15) is 0 Å². The lowest BCUT2D eigenvalue weighted by Crippen LogP contribution is -2.54. The lowest BCUT2D eigenvalue weighted by Gasteiger charge is -2.31. The second-order valence-electron chi connectivity index (χ2n) is 16.9. The molecule has 62 heavy (non-hydrogen) atoms. The molecule has 0 saturated carbocycles. The summed E-state index contributed by atoms with van der Waals surface area (Å²) in [5.74, 6) is 0. The number of benzene rings is 9. The monoisotopic (exact) mass is 788 g/mol. The lowest BCUT2D eigenvalue weighted by atomic mass is 9.63. The van der Waals surface area contributed by atoms with Crippen LogP contribution in [0.2, 0.25) is 0 Å². The van der Waals surface area contributed by atoms with E-state index in [4.69, 9.17) is 0 Å². The second kappa shape index (κ2) is 11.8. The molecular formula is C54H34B2N6. The molecular weight excluding hydrogens is 754 g/mol.